The highest BCUT2D eigenvalue weighted by molar-refractivity contribution is 5.76. The lowest BCUT2D eigenvalue weighted by molar-refractivity contribution is 0.482. The normalized spacial score (nSPS) is 14.1. The molecule has 2 aromatic carbocycles. The fourth-order valence-electron chi connectivity index (χ4n) is 4.69. The van der Waals surface area contributed by atoms with Gasteiger partial charge in [0.2, 0.25) is 0 Å². The quantitative estimate of drug-likeness (QED) is 0.419. The first kappa shape index (κ1) is 24.6. The molecule has 0 amide bonds. The van der Waals surface area contributed by atoms with E-state index in [2.05, 4.69) is 27.3 Å². The highest BCUT2D eigenvalue weighted by atomic mass is 16.5. The van der Waals surface area contributed by atoms with E-state index >= 15 is 0 Å². The molecule has 37 heavy (non-hydrogen) atoms. The summed E-state index contributed by atoms with van der Waals surface area (Å²) in [6.07, 6.45) is 3.78. The molecule has 1 aliphatic heterocycles. The summed E-state index contributed by atoms with van der Waals surface area (Å²) in [6, 6.07) is 16.0. The number of nitrogens with zero attached hydrogens (tertiary/aromatic N) is 5. The summed E-state index contributed by atoms with van der Waals surface area (Å²) < 4.78 is 10.6. The molecule has 192 valence electrons. The third-order valence-electron chi connectivity index (χ3n) is 6.77. The van der Waals surface area contributed by atoms with Crippen molar-refractivity contribution in [1.82, 2.24) is 24.0 Å². The van der Waals surface area contributed by atoms with Crippen LogP contribution in [-0.4, -0.2) is 44.9 Å². The van der Waals surface area contributed by atoms with Crippen molar-refractivity contribution in [3.8, 4) is 11.5 Å². The smallest absolute Gasteiger partial charge is 0.332 e. The van der Waals surface area contributed by atoms with Gasteiger partial charge in [-0.1, -0.05) is 18.2 Å². The Labute approximate surface area is 215 Å². The summed E-state index contributed by atoms with van der Waals surface area (Å²) in [6.45, 7) is 8.47. The second-order valence-corrected chi connectivity index (χ2v) is 9.01. The topological polar surface area (TPSA) is 86.3 Å². The van der Waals surface area contributed by atoms with Crippen LogP contribution in [0.25, 0.3) is 23.3 Å². The van der Waals surface area contributed by atoms with Gasteiger partial charge in [0.1, 0.15) is 17.3 Å². The largest absolute Gasteiger partial charge is 0.457 e. The summed E-state index contributed by atoms with van der Waals surface area (Å²) in [5.41, 5.74) is 2.37. The molecule has 3 heterocycles. The monoisotopic (exact) mass is 500 g/mol. The van der Waals surface area contributed by atoms with E-state index in [0.29, 0.717) is 30.1 Å². The average molecular weight is 501 g/mol. The van der Waals surface area contributed by atoms with E-state index in [-0.39, 0.29) is 11.2 Å². The number of ether oxygens (including phenoxy) is 1. The Bertz CT molecular complexity index is 1540. The SMILES string of the molecule is CCn1c(=O)c2c(nc(C=Cc3ccc(Oc4ccc(N5CCNCC5)cc4)cc3)n2C)n(CC)c1=O. The zero-order valence-electron chi connectivity index (χ0n) is 21.5. The van der Waals surface area contributed by atoms with E-state index in [9.17, 15) is 9.59 Å². The fraction of sp³-hybridized carbons (Fsp3) is 0.321. The number of nitrogens with one attached hydrogen (secondary N) is 1. The molecule has 4 aromatic rings. The molecule has 0 atom stereocenters. The van der Waals surface area contributed by atoms with Crippen molar-refractivity contribution in [2.75, 3.05) is 31.1 Å². The standard InChI is InChI=1S/C28H32N6O3/c1-4-33-26-25(27(35)34(5-2)28(33)36)31(3)24(30-26)15-8-20-6-11-22(12-7-20)37-23-13-9-21(10-14-23)32-18-16-29-17-19-32/h6-15,29H,4-5,16-19H2,1-3H3. The van der Waals surface area contributed by atoms with Crippen LogP contribution in [0, 0.1) is 0 Å². The third-order valence-corrected chi connectivity index (χ3v) is 6.77. The van der Waals surface area contributed by atoms with Gasteiger partial charge in [-0.3, -0.25) is 13.9 Å². The van der Waals surface area contributed by atoms with E-state index in [4.69, 9.17) is 4.74 Å². The summed E-state index contributed by atoms with van der Waals surface area (Å²) in [5.74, 6) is 2.15. The van der Waals surface area contributed by atoms with Crippen LogP contribution in [0.4, 0.5) is 5.69 Å². The predicted octanol–water partition coefficient (Wildman–Crippen LogP) is 3.31. The Morgan fingerprint density at radius 1 is 0.892 bits per heavy atom. The zero-order valence-corrected chi connectivity index (χ0v) is 21.5. The molecule has 1 N–H and O–H groups in total. The van der Waals surface area contributed by atoms with Gasteiger partial charge >= 0.3 is 5.69 Å². The van der Waals surface area contributed by atoms with Crippen LogP contribution < -0.4 is 26.2 Å². The molecule has 0 saturated carbocycles. The molecule has 0 bridgehead atoms. The summed E-state index contributed by atoms with van der Waals surface area (Å²) in [7, 11) is 1.80. The summed E-state index contributed by atoms with van der Waals surface area (Å²) in [5, 5.41) is 3.37. The minimum atomic E-state index is -0.329. The lowest BCUT2D eigenvalue weighted by atomic mass is 10.2. The number of aromatic nitrogens is 4. The van der Waals surface area contributed by atoms with Crippen molar-refractivity contribution in [3.63, 3.8) is 0 Å². The molecule has 0 radical (unpaired) electrons. The molecule has 1 aliphatic rings. The van der Waals surface area contributed by atoms with Crippen molar-refractivity contribution in [2.45, 2.75) is 26.9 Å². The van der Waals surface area contributed by atoms with Crippen LogP contribution in [-0.2, 0) is 20.1 Å². The Balaban J connectivity index is 1.32. The average Bonchev–Trinajstić information content (AvgIpc) is 3.25. The third kappa shape index (κ3) is 4.82. The molecule has 0 unspecified atom stereocenters. The Morgan fingerprint density at radius 2 is 1.51 bits per heavy atom. The fourth-order valence-corrected chi connectivity index (χ4v) is 4.69. The molecule has 2 aromatic heterocycles. The van der Waals surface area contributed by atoms with Crippen molar-refractivity contribution in [2.24, 2.45) is 7.05 Å². The van der Waals surface area contributed by atoms with Crippen molar-refractivity contribution < 1.29 is 4.74 Å². The van der Waals surface area contributed by atoms with Crippen LogP contribution in [0.1, 0.15) is 25.2 Å². The maximum Gasteiger partial charge on any atom is 0.332 e. The van der Waals surface area contributed by atoms with Gasteiger partial charge in [0, 0.05) is 52.0 Å². The highest BCUT2D eigenvalue weighted by Gasteiger charge is 2.17. The van der Waals surface area contributed by atoms with Crippen LogP contribution in [0.3, 0.4) is 0 Å². The van der Waals surface area contributed by atoms with Gasteiger partial charge in [0.15, 0.2) is 11.2 Å². The zero-order chi connectivity index (χ0) is 25.9. The molecule has 5 rings (SSSR count). The molecular weight excluding hydrogens is 468 g/mol. The summed E-state index contributed by atoms with van der Waals surface area (Å²) >= 11 is 0. The van der Waals surface area contributed by atoms with E-state index in [1.165, 1.54) is 10.3 Å². The van der Waals surface area contributed by atoms with Gasteiger partial charge in [-0.05, 0) is 61.9 Å². The number of rotatable bonds is 7. The van der Waals surface area contributed by atoms with Gasteiger partial charge in [0.05, 0.1) is 0 Å². The van der Waals surface area contributed by atoms with Crippen LogP contribution in [0.2, 0.25) is 0 Å². The highest BCUT2D eigenvalue weighted by Crippen LogP contribution is 2.25. The number of hydrogen-bond donors (Lipinski definition) is 1. The van der Waals surface area contributed by atoms with Crippen LogP contribution >= 0.6 is 0 Å². The first-order valence-corrected chi connectivity index (χ1v) is 12.7. The second-order valence-electron chi connectivity index (χ2n) is 9.01. The first-order valence-electron chi connectivity index (χ1n) is 12.7. The van der Waals surface area contributed by atoms with Gasteiger partial charge in [-0.2, -0.15) is 0 Å². The number of aryl methyl sites for hydroxylation is 2. The van der Waals surface area contributed by atoms with Crippen LogP contribution in [0.5, 0.6) is 11.5 Å². The van der Waals surface area contributed by atoms with E-state index in [1.54, 1.807) is 23.1 Å². The number of piperazine rings is 1. The van der Waals surface area contributed by atoms with Crippen LogP contribution in [0.15, 0.2) is 58.1 Å². The lowest BCUT2D eigenvalue weighted by Gasteiger charge is -2.29. The van der Waals surface area contributed by atoms with Gasteiger partial charge in [-0.15, -0.1) is 0 Å². The Hall–Kier alpha value is -4.11. The van der Waals surface area contributed by atoms with Gasteiger partial charge in [0.25, 0.3) is 5.56 Å². The van der Waals surface area contributed by atoms with Gasteiger partial charge < -0.3 is 19.5 Å². The Kier molecular flexibility index (Phi) is 6.96. The van der Waals surface area contributed by atoms with Gasteiger partial charge in [-0.25, -0.2) is 9.78 Å². The predicted molar refractivity (Wildman–Crippen MR) is 148 cm³/mol. The first-order chi connectivity index (χ1) is 18.0. The molecule has 1 saturated heterocycles. The number of imidazole rings is 1. The maximum atomic E-state index is 12.9. The minimum absolute atomic E-state index is 0.315. The number of fused-ring (bicyclic) bond motifs is 1. The summed E-state index contributed by atoms with van der Waals surface area (Å²) in [4.78, 5) is 32.5. The minimum Gasteiger partial charge on any atom is -0.457 e. The maximum absolute atomic E-state index is 12.9. The van der Waals surface area contributed by atoms with E-state index < -0.39 is 0 Å². The molecule has 0 aliphatic carbocycles. The molecule has 0 spiro atoms. The molecule has 9 heteroatoms. The lowest BCUT2D eigenvalue weighted by Crippen LogP contribution is -2.43. The molecule has 1 fully saturated rings. The molecular formula is C28H32N6O3. The second kappa shape index (κ2) is 10.5. The number of hydrogen-bond acceptors (Lipinski definition) is 6. The van der Waals surface area contributed by atoms with Crippen molar-refractivity contribution in [3.05, 3.63) is 80.8 Å². The van der Waals surface area contributed by atoms with Crippen molar-refractivity contribution in [1.29, 1.82) is 0 Å². The number of benzene rings is 2. The van der Waals surface area contributed by atoms with Crippen molar-refractivity contribution >= 4 is 29.0 Å². The van der Waals surface area contributed by atoms with E-state index in [0.717, 1.165) is 43.2 Å². The van der Waals surface area contributed by atoms with E-state index in [1.807, 2.05) is 55.5 Å². The number of anilines is 1. The Morgan fingerprint density at radius 3 is 2.14 bits per heavy atom. The molecule has 9 nitrogen and oxygen atoms in total.